The first-order valence-electron chi connectivity index (χ1n) is 6.11. The normalized spacial score (nSPS) is 11.4. The lowest BCUT2D eigenvalue weighted by Gasteiger charge is -1.94. The number of aryl methyl sites for hydroxylation is 1. The van der Waals surface area contributed by atoms with E-state index in [9.17, 15) is 0 Å². The first-order valence-corrected chi connectivity index (χ1v) is 6.92. The fourth-order valence-electron chi connectivity index (χ4n) is 2.25. The Morgan fingerprint density at radius 2 is 2.11 bits per heavy atom. The van der Waals surface area contributed by atoms with E-state index in [1.807, 2.05) is 24.4 Å². The molecule has 0 unspecified atom stereocenters. The van der Waals surface area contributed by atoms with Crippen LogP contribution in [0, 0.1) is 6.92 Å². The van der Waals surface area contributed by atoms with Gasteiger partial charge in [0.1, 0.15) is 0 Å². The van der Waals surface area contributed by atoms with Crippen molar-refractivity contribution in [2.45, 2.75) is 6.92 Å². The van der Waals surface area contributed by atoms with E-state index in [1.54, 1.807) is 11.3 Å². The molecule has 0 saturated carbocycles. The third kappa shape index (κ3) is 1.64. The molecule has 0 radical (unpaired) electrons. The van der Waals surface area contributed by atoms with Gasteiger partial charge in [0.2, 0.25) is 0 Å². The minimum absolute atomic E-state index is 0.998. The zero-order chi connectivity index (χ0) is 12.8. The molecule has 0 aliphatic heterocycles. The van der Waals surface area contributed by atoms with Crippen molar-refractivity contribution in [3.8, 4) is 10.6 Å². The van der Waals surface area contributed by atoms with Crippen LogP contribution in [0.25, 0.3) is 26.6 Å². The fraction of sp³-hybridized carbons (Fsp3) is 0.0667. The fourth-order valence-corrected chi connectivity index (χ4v) is 3.23. The van der Waals surface area contributed by atoms with Crippen LogP contribution in [-0.2, 0) is 0 Å². The smallest absolute Gasteiger partial charge is 0.195 e. The zero-order valence-corrected chi connectivity index (χ0v) is 11.2. The van der Waals surface area contributed by atoms with Crippen LogP contribution in [0.4, 0.5) is 0 Å². The summed E-state index contributed by atoms with van der Waals surface area (Å²) < 4.78 is 2.14. The molecule has 4 rings (SSSR count). The predicted octanol–water partition coefficient (Wildman–Crippen LogP) is 3.92. The van der Waals surface area contributed by atoms with E-state index in [1.165, 1.54) is 5.56 Å². The van der Waals surface area contributed by atoms with E-state index in [4.69, 9.17) is 0 Å². The van der Waals surface area contributed by atoms with Gasteiger partial charge in [-0.3, -0.25) is 9.38 Å². The number of thiazole rings is 1. The van der Waals surface area contributed by atoms with Gasteiger partial charge in [-0.1, -0.05) is 23.5 Å². The number of hydrogen-bond acceptors (Lipinski definition) is 3. The van der Waals surface area contributed by atoms with Crippen LogP contribution in [-0.4, -0.2) is 14.4 Å². The number of aromatic nitrogens is 3. The van der Waals surface area contributed by atoms with Gasteiger partial charge in [0.15, 0.2) is 4.96 Å². The minimum atomic E-state index is 0.998. The number of benzene rings is 1. The second kappa shape index (κ2) is 3.90. The first kappa shape index (κ1) is 10.7. The third-order valence-electron chi connectivity index (χ3n) is 3.18. The molecule has 19 heavy (non-hydrogen) atoms. The summed E-state index contributed by atoms with van der Waals surface area (Å²) in [5.41, 5.74) is 4.44. The lowest BCUT2D eigenvalue weighted by molar-refractivity contribution is 1.27. The largest absolute Gasteiger partial charge is 0.290 e. The molecule has 4 heteroatoms. The SMILES string of the molecule is Cc1ccc2c(c1)nc1sc(-c3ccccn3)cn12. The van der Waals surface area contributed by atoms with Crippen molar-refractivity contribution >= 4 is 27.3 Å². The molecule has 3 heterocycles. The second-order valence-electron chi connectivity index (χ2n) is 4.57. The molecule has 0 spiro atoms. The van der Waals surface area contributed by atoms with Gasteiger partial charge in [-0.2, -0.15) is 0 Å². The molecule has 0 aliphatic carbocycles. The monoisotopic (exact) mass is 265 g/mol. The lowest BCUT2D eigenvalue weighted by Crippen LogP contribution is -1.80. The van der Waals surface area contributed by atoms with Crippen LogP contribution in [0.3, 0.4) is 0 Å². The Morgan fingerprint density at radius 3 is 2.95 bits per heavy atom. The Hall–Kier alpha value is -2.20. The maximum absolute atomic E-state index is 4.68. The quantitative estimate of drug-likeness (QED) is 0.522. The maximum Gasteiger partial charge on any atom is 0.195 e. The molecule has 0 atom stereocenters. The van der Waals surface area contributed by atoms with Gasteiger partial charge in [-0.15, -0.1) is 0 Å². The van der Waals surface area contributed by atoms with Crippen molar-refractivity contribution in [2.24, 2.45) is 0 Å². The molecule has 92 valence electrons. The topological polar surface area (TPSA) is 30.2 Å². The van der Waals surface area contributed by atoms with Gasteiger partial charge < -0.3 is 0 Å². The molecule has 0 fully saturated rings. The Bertz CT molecular complexity index is 874. The number of nitrogens with zero attached hydrogens (tertiary/aromatic N) is 3. The molecule has 0 amide bonds. The lowest BCUT2D eigenvalue weighted by atomic mass is 10.2. The Labute approximate surface area is 114 Å². The standard InChI is InChI=1S/C15H11N3S/c1-10-5-6-13-12(8-10)17-15-18(13)9-14(19-15)11-4-2-3-7-16-11/h2-9H,1H3. The highest BCUT2D eigenvalue weighted by Gasteiger charge is 2.10. The van der Waals surface area contributed by atoms with Crippen molar-refractivity contribution in [2.75, 3.05) is 0 Å². The summed E-state index contributed by atoms with van der Waals surface area (Å²) in [6.07, 6.45) is 3.94. The molecule has 3 nitrogen and oxygen atoms in total. The molecule has 0 saturated heterocycles. The average molecular weight is 265 g/mol. The van der Waals surface area contributed by atoms with E-state index in [2.05, 4.69) is 45.7 Å². The van der Waals surface area contributed by atoms with Crippen LogP contribution < -0.4 is 0 Å². The van der Waals surface area contributed by atoms with Gasteiger partial charge in [-0.25, -0.2) is 4.98 Å². The highest BCUT2D eigenvalue weighted by molar-refractivity contribution is 7.20. The molecule has 3 aromatic heterocycles. The van der Waals surface area contributed by atoms with Crippen molar-refractivity contribution in [1.82, 2.24) is 14.4 Å². The summed E-state index contributed by atoms with van der Waals surface area (Å²) in [6.45, 7) is 2.09. The van der Waals surface area contributed by atoms with Gasteiger partial charge in [0.25, 0.3) is 0 Å². The number of fused-ring (bicyclic) bond motifs is 3. The van der Waals surface area contributed by atoms with E-state index in [-0.39, 0.29) is 0 Å². The minimum Gasteiger partial charge on any atom is -0.290 e. The summed E-state index contributed by atoms with van der Waals surface area (Å²) in [7, 11) is 0. The van der Waals surface area contributed by atoms with Crippen molar-refractivity contribution in [3.05, 3.63) is 54.4 Å². The summed E-state index contributed by atoms with van der Waals surface area (Å²) >= 11 is 1.67. The van der Waals surface area contributed by atoms with Gasteiger partial charge in [0, 0.05) is 12.4 Å². The molecule has 4 aromatic rings. The summed E-state index contributed by atoms with van der Waals surface area (Å²) in [5, 5.41) is 0. The molecule has 0 bridgehead atoms. The molecule has 0 N–H and O–H groups in total. The van der Waals surface area contributed by atoms with E-state index in [0.29, 0.717) is 0 Å². The van der Waals surface area contributed by atoms with Crippen LogP contribution in [0.5, 0.6) is 0 Å². The van der Waals surface area contributed by atoms with Crippen LogP contribution >= 0.6 is 11.3 Å². The van der Waals surface area contributed by atoms with E-state index < -0.39 is 0 Å². The number of hydrogen-bond donors (Lipinski definition) is 0. The number of imidazole rings is 1. The van der Waals surface area contributed by atoms with Gasteiger partial charge in [0.05, 0.1) is 21.6 Å². The summed E-state index contributed by atoms with van der Waals surface area (Å²) in [6, 6.07) is 12.3. The van der Waals surface area contributed by atoms with Crippen LogP contribution in [0.2, 0.25) is 0 Å². The van der Waals surface area contributed by atoms with Gasteiger partial charge >= 0.3 is 0 Å². The van der Waals surface area contributed by atoms with Crippen molar-refractivity contribution in [1.29, 1.82) is 0 Å². The molecule has 1 aromatic carbocycles. The van der Waals surface area contributed by atoms with E-state index >= 15 is 0 Å². The molecular weight excluding hydrogens is 254 g/mol. The third-order valence-corrected chi connectivity index (χ3v) is 4.18. The highest BCUT2D eigenvalue weighted by Crippen LogP contribution is 2.29. The number of pyridine rings is 1. The van der Waals surface area contributed by atoms with Crippen molar-refractivity contribution < 1.29 is 0 Å². The number of rotatable bonds is 1. The summed E-state index contributed by atoms with van der Waals surface area (Å²) in [5.74, 6) is 0. The molecular formula is C15H11N3S. The Morgan fingerprint density at radius 1 is 1.16 bits per heavy atom. The average Bonchev–Trinajstić information content (AvgIpc) is 2.96. The first-order chi connectivity index (χ1) is 9.31. The Kier molecular flexibility index (Phi) is 2.19. The zero-order valence-electron chi connectivity index (χ0n) is 10.4. The van der Waals surface area contributed by atoms with Crippen LogP contribution in [0.15, 0.2) is 48.8 Å². The second-order valence-corrected chi connectivity index (χ2v) is 5.58. The molecule has 0 aliphatic rings. The maximum atomic E-state index is 4.68. The summed E-state index contributed by atoms with van der Waals surface area (Å²) in [4.78, 5) is 11.2. The Balaban J connectivity index is 1.98. The van der Waals surface area contributed by atoms with Crippen LogP contribution in [0.1, 0.15) is 5.56 Å². The van der Waals surface area contributed by atoms with Gasteiger partial charge in [-0.05, 0) is 36.8 Å². The highest BCUT2D eigenvalue weighted by atomic mass is 32.1. The predicted molar refractivity (Wildman–Crippen MR) is 78.5 cm³/mol. The van der Waals surface area contributed by atoms with Crippen molar-refractivity contribution in [3.63, 3.8) is 0 Å². The van der Waals surface area contributed by atoms with E-state index in [0.717, 1.165) is 26.6 Å².